The van der Waals surface area contributed by atoms with E-state index in [2.05, 4.69) is 20.8 Å². The Morgan fingerprint density at radius 2 is 1.62 bits per heavy atom. The van der Waals surface area contributed by atoms with Crippen molar-refractivity contribution in [3.05, 3.63) is 166 Å². The number of fused-ring (bicyclic) bond motifs is 1. The van der Waals surface area contributed by atoms with Crippen molar-refractivity contribution in [2.24, 2.45) is 5.16 Å². The number of carboxylic acid groups (broad SMARTS) is 1. The number of rotatable bonds is 14. The number of hydrogen-bond donors (Lipinski definition) is 3. The van der Waals surface area contributed by atoms with Crippen LogP contribution in [0.3, 0.4) is 0 Å². The summed E-state index contributed by atoms with van der Waals surface area (Å²) in [6.07, 6.45) is 5.20. The van der Waals surface area contributed by atoms with E-state index >= 15 is 0 Å². The molecule has 55 heavy (non-hydrogen) atoms. The number of aromatic nitrogens is 1. The highest BCUT2D eigenvalue weighted by atomic mass is 32.2. The number of aliphatic carboxylic acids is 1. The summed E-state index contributed by atoms with van der Waals surface area (Å²) < 4.78 is 6.03. The van der Waals surface area contributed by atoms with Gasteiger partial charge in [0.2, 0.25) is 0 Å². The van der Waals surface area contributed by atoms with Gasteiger partial charge in [-0.05, 0) is 40.5 Å². The molecule has 1 fully saturated rings. The van der Waals surface area contributed by atoms with Crippen LogP contribution in [0.2, 0.25) is 0 Å². The molecule has 4 heterocycles. The second-order valence-electron chi connectivity index (χ2n) is 13.7. The Balaban J connectivity index is 1.08. The fourth-order valence-electron chi connectivity index (χ4n) is 6.93. The van der Waals surface area contributed by atoms with Gasteiger partial charge < -0.3 is 34.6 Å². The number of benzene rings is 3. The van der Waals surface area contributed by atoms with Gasteiger partial charge in [-0.2, -0.15) is 0 Å². The molecule has 3 N–H and O–H groups in total. The molecule has 2 amide bonds. The highest BCUT2D eigenvalue weighted by Gasteiger charge is 2.53. The number of allylic oxidation sites excluding steroid dienone is 1. The number of carbonyl (C=O) groups excluding carboxylic acids is 3. The Labute approximate surface area is 326 Å². The van der Waals surface area contributed by atoms with Crippen LogP contribution in [0.15, 0.2) is 148 Å². The average molecular weight is 775 g/mol. The topological polar surface area (TPSA) is 160 Å². The lowest BCUT2D eigenvalue weighted by atomic mass is 9.77. The van der Waals surface area contributed by atoms with E-state index in [-0.39, 0.29) is 17.1 Å². The SMILES string of the molecule is C[N+](C)(C/C=C/C1=C(C(=O)[O-])N2C(=O)[C@@H](NC(=O)/C(=N\O)c3csc(NC(c4ccccc4)(c4ccccc4)c4ccccc4)n3)[C@H]2SC1)Cc1ccco1. The Morgan fingerprint density at radius 1 is 1.00 bits per heavy atom. The maximum Gasteiger partial charge on any atom is 0.276 e. The lowest BCUT2D eigenvalue weighted by Gasteiger charge is -2.50. The molecule has 0 unspecified atom stereocenters. The van der Waals surface area contributed by atoms with Crippen molar-refractivity contribution in [2.45, 2.75) is 23.5 Å². The minimum Gasteiger partial charge on any atom is -0.543 e. The molecule has 280 valence electrons. The Bertz CT molecular complexity index is 2160. The molecule has 1 saturated heterocycles. The smallest absolute Gasteiger partial charge is 0.276 e. The van der Waals surface area contributed by atoms with Crippen molar-refractivity contribution >= 4 is 51.7 Å². The first-order valence-electron chi connectivity index (χ1n) is 17.4. The fourth-order valence-corrected chi connectivity index (χ4v) is 9.00. The number of carbonyl (C=O) groups is 3. The van der Waals surface area contributed by atoms with Gasteiger partial charge in [0.1, 0.15) is 29.2 Å². The Kier molecular flexibility index (Phi) is 10.7. The highest BCUT2D eigenvalue weighted by molar-refractivity contribution is 8.00. The van der Waals surface area contributed by atoms with Crippen LogP contribution in [0.4, 0.5) is 5.13 Å². The molecule has 0 bridgehead atoms. The van der Waals surface area contributed by atoms with E-state index < -0.39 is 40.4 Å². The zero-order valence-corrected chi connectivity index (χ0v) is 31.6. The van der Waals surface area contributed by atoms with E-state index in [9.17, 15) is 24.7 Å². The van der Waals surface area contributed by atoms with Crippen LogP contribution in [-0.4, -0.2) is 80.9 Å². The second kappa shape index (κ2) is 15.8. The van der Waals surface area contributed by atoms with Gasteiger partial charge >= 0.3 is 0 Å². The number of likely N-dealkylation sites (N-methyl/N-ethyl adjacent to an activating group) is 1. The van der Waals surface area contributed by atoms with Crippen LogP contribution in [-0.2, 0) is 26.5 Å². The minimum absolute atomic E-state index is 0.0895. The quantitative estimate of drug-likeness (QED) is 0.0367. The molecule has 2 atom stereocenters. The van der Waals surface area contributed by atoms with Crippen molar-refractivity contribution in [2.75, 3.05) is 31.7 Å². The van der Waals surface area contributed by atoms with Crippen molar-refractivity contribution in [3.63, 3.8) is 0 Å². The summed E-state index contributed by atoms with van der Waals surface area (Å²) in [4.78, 5) is 45.2. The second-order valence-corrected chi connectivity index (χ2v) is 15.7. The van der Waals surface area contributed by atoms with E-state index in [1.165, 1.54) is 23.1 Å². The van der Waals surface area contributed by atoms with Gasteiger partial charge in [-0.3, -0.25) is 14.5 Å². The largest absolute Gasteiger partial charge is 0.543 e. The molecule has 0 radical (unpaired) electrons. The highest BCUT2D eigenvalue weighted by Crippen LogP contribution is 2.42. The fraction of sp³-hybridized carbons (Fsp3) is 0.195. The molecule has 5 aromatic rings. The van der Waals surface area contributed by atoms with Crippen LogP contribution < -0.4 is 15.7 Å². The van der Waals surface area contributed by atoms with Crippen molar-refractivity contribution in [1.29, 1.82) is 0 Å². The molecule has 3 aromatic carbocycles. The van der Waals surface area contributed by atoms with Gasteiger partial charge in [-0.1, -0.05) is 102 Å². The first-order chi connectivity index (χ1) is 26.6. The number of nitrogens with one attached hydrogen (secondary N) is 2. The van der Waals surface area contributed by atoms with E-state index in [4.69, 9.17) is 4.42 Å². The standard InChI is InChI=1S/C41H38N6O6S2/c1-47(2,24-31-21-13-23-53-31)22-12-14-27-25-54-38-34(37(49)46(38)35(27)39(50)51)43-36(48)33(45-52)32-26-55-40(42-32)44-41(28-15-6-3-7-16-28,29-17-8-4-9-18-29)30-19-10-5-11-20-30/h3-21,23,26,34,38H,22,24-25H2,1-2H3,(H3-,42,43,44,48,50,51,52)/b14-12+/t34-,38-/m1/s1. The van der Waals surface area contributed by atoms with Crippen molar-refractivity contribution in [3.8, 4) is 0 Å². The predicted octanol–water partition coefficient (Wildman–Crippen LogP) is 4.56. The number of thiazole rings is 1. The monoisotopic (exact) mass is 774 g/mol. The molecule has 0 saturated carbocycles. The number of carboxylic acids is 1. The first kappa shape index (κ1) is 37.4. The summed E-state index contributed by atoms with van der Waals surface area (Å²) >= 11 is 2.55. The van der Waals surface area contributed by atoms with Crippen LogP contribution in [0.5, 0.6) is 0 Å². The summed E-state index contributed by atoms with van der Waals surface area (Å²) in [5.41, 5.74) is 1.88. The number of anilines is 1. The zero-order valence-electron chi connectivity index (χ0n) is 30.0. The Morgan fingerprint density at radius 3 is 2.16 bits per heavy atom. The number of thioether (sulfide) groups is 1. The number of quaternary nitrogens is 1. The van der Waals surface area contributed by atoms with Gasteiger partial charge in [0.15, 0.2) is 16.6 Å². The molecule has 2 aliphatic heterocycles. The van der Waals surface area contributed by atoms with Crippen LogP contribution >= 0.6 is 23.1 Å². The summed E-state index contributed by atoms with van der Waals surface area (Å²) in [7, 11) is 4.05. The average Bonchev–Trinajstić information content (AvgIpc) is 3.89. The number of amides is 2. The summed E-state index contributed by atoms with van der Waals surface area (Å²) in [5.74, 6) is -1.81. The zero-order chi connectivity index (χ0) is 38.6. The molecule has 7 rings (SSSR count). The van der Waals surface area contributed by atoms with Gasteiger partial charge in [0.05, 0.1) is 38.6 Å². The van der Waals surface area contributed by atoms with Gasteiger partial charge in [0, 0.05) is 11.1 Å². The predicted molar refractivity (Wildman–Crippen MR) is 209 cm³/mol. The molecule has 0 aliphatic carbocycles. The van der Waals surface area contributed by atoms with Crippen LogP contribution in [0.25, 0.3) is 0 Å². The van der Waals surface area contributed by atoms with Crippen molar-refractivity contribution in [1.82, 2.24) is 15.2 Å². The summed E-state index contributed by atoms with van der Waals surface area (Å²) in [5, 5.41) is 33.3. The van der Waals surface area contributed by atoms with Gasteiger partial charge in [-0.15, -0.1) is 23.1 Å². The summed E-state index contributed by atoms with van der Waals surface area (Å²) in [6.45, 7) is 1.22. The molecular weight excluding hydrogens is 737 g/mol. The third-order valence-corrected chi connectivity index (χ3v) is 11.6. The maximum absolute atomic E-state index is 13.6. The molecule has 12 nitrogen and oxygen atoms in total. The molecule has 2 aliphatic rings. The molecule has 0 spiro atoms. The van der Waals surface area contributed by atoms with E-state index in [0.29, 0.717) is 28.3 Å². The minimum atomic E-state index is -1.48. The maximum atomic E-state index is 13.6. The van der Waals surface area contributed by atoms with Gasteiger partial charge in [0.25, 0.3) is 11.8 Å². The van der Waals surface area contributed by atoms with Gasteiger partial charge in [-0.25, -0.2) is 4.98 Å². The lowest BCUT2D eigenvalue weighted by molar-refractivity contribution is -0.898. The molecule has 2 aromatic heterocycles. The van der Waals surface area contributed by atoms with Crippen LogP contribution in [0.1, 0.15) is 28.1 Å². The number of β-lactam (4-membered cyclic amide) rings is 1. The Hall–Kier alpha value is -5.96. The molecule has 14 heteroatoms. The van der Waals surface area contributed by atoms with E-state index in [1.807, 2.05) is 123 Å². The van der Waals surface area contributed by atoms with Crippen molar-refractivity contribution < 1.29 is 33.6 Å². The normalized spacial score (nSPS) is 17.5. The van der Waals surface area contributed by atoms with Crippen LogP contribution in [0, 0.1) is 0 Å². The number of nitrogens with zero attached hydrogens (tertiary/aromatic N) is 4. The van der Waals surface area contributed by atoms with E-state index in [1.54, 1.807) is 17.7 Å². The first-order valence-corrected chi connectivity index (χ1v) is 19.4. The van der Waals surface area contributed by atoms with E-state index in [0.717, 1.165) is 27.4 Å². The number of oxime groups is 1. The number of furan rings is 1. The third kappa shape index (κ3) is 7.56. The molecular formula is C41H38N6O6S2. The summed E-state index contributed by atoms with van der Waals surface area (Å²) in [6, 6.07) is 32.5. The lowest BCUT2D eigenvalue weighted by Crippen LogP contribution is -2.71. The third-order valence-electron chi connectivity index (χ3n) is 9.54. The number of hydrogen-bond acceptors (Lipinski definition) is 11.